The number of rotatable bonds is 4. The Hall–Kier alpha value is -0.950. The summed E-state index contributed by atoms with van der Waals surface area (Å²) in [6.45, 7) is 10.5. The summed E-state index contributed by atoms with van der Waals surface area (Å²) in [4.78, 5) is 2.70. The van der Waals surface area contributed by atoms with Crippen molar-refractivity contribution in [3.05, 3.63) is 54.0 Å². The van der Waals surface area contributed by atoms with Crippen molar-refractivity contribution >= 4 is 11.8 Å². The first-order valence-electron chi connectivity index (χ1n) is 5.58. The van der Waals surface area contributed by atoms with Crippen LogP contribution in [0.2, 0.25) is 0 Å². The molecule has 1 aromatic carbocycles. The fourth-order valence-corrected chi connectivity index (χ4v) is 2.34. The molecule has 0 unspecified atom stereocenters. The van der Waals surface area contributed by atoms with Crippen LogP contribution in [-0.2, 0) is 0 Å². The number of hydrogen-bond donors (Lipinski definition) is 0. The molecule has 0 bridgehead atoms. The van der Waals surface area contributed by atoms with Crippen LogP contribution >= 0.6 is 11.8 Å². The second kappa shape index (κ2) is 5.95. The van der Waals surface area contributed by atoms with E-state index in [0.717, 1.165) is 6.42 Å². The minimum atomic E-state index is 0.198. The van der Waals surface area contributed by atoms with Crippen LogP contribution in [0.3, 0.4) is 0 Å². The molecule has 1 aromatic rings. The molecule has 0 heterocycles. The average Bonchev–Trinajstić information content (AvgIpc) is 2.24. The molecule has 0 spiro atoms. The molecule has 0 fully saturated rings. The van der Waals surface area contributed by atoms with Crippen molar-refractivity contribution in [1.29, 1.82) is 0 Å². The Balaban J connectivity index is 2.84. The Morgan fingerprint density at radius 3 is 2.38 bits per heavy atom. The number of thioether (sulfide) groups is 1. The second-order valence-corrected chi connectivity index (χ2v) is 5.87. The highest BCUT2D eigenvalue weighted by atomic mass is 32.2. The Morgan fingerprint density at radius 1 is 1.25 bits per heavy atom. The zero-order valence-electron chi connectivity index (χ0n) is 10.4. The zero-order chi connectivity index (χ0) is 12.0. The molecular formula is C15H20S. The quantitative estimate of drug-likeness (QED) is 0.502. The van der Waals surface area contributed by atoms with E-state index < -0.39 is 0 Å². The Kier molecular flexibility index (Phi) is 4.88. The predicted octanol–water partition coefficient (Wildman–Crippen LogP) is 5.28. The van der Waals surface area contributed by atoms with Gasteiger partial charge in [-0.05, 0) is 28.9 Å². The molecule has 0 aliphatic rings. The Morgan fingerprint density at radius 2 is 1.88 bits per heavy atom. The Bertz CT molecular complexity index is 355. The van der Waals surface area contributed by atoms with Gasteiger partial charge in [0.15, 0.2) is 0 Å². The summed E-state index contributed by atoms with van der Waals surface area (Å²) < 4.78 is 0. The molecule has 0 nitrogen and oxygen atoms in total. The third-order valence-electron chi connectivity index (χ3n) is 2.18. The van der Waals surface area contributed by atoms with Crippen LogP contribution in [0.1, 0.15) is 27.2 Å². The highest BCUT2D eigenvalue weighted by Gasteiger charge is 2.17. The van der Waals surface area contributed by atoms with Gasteiger partial charge < -0.3 is 0 Å². The van der Waals surface area contributed by atoms with Crippen molar-refractivity contribution in [3.63, 3.8) is 0 Å². The van der Waals surface area contributed by atoms with Gasteiger partial charge in [0.25, 0.3) is 0 Å². The van der Waals surface area contributed by atoms with Crippen molar-refractivity contribution in [2.75, 3.05) is 0 Å². The van der Waals surface area contributed by atoms with Crippen molar-refractivity contribution in [3.8, 4) is 0 Å². The van der Waals surface area contributed by atoms with Crippen LogP contribution in [0.15, 0.2) is 58.9 Å². The fourth-order valence-electron chi connectivity index (χ4n) is 1.31. The standard InChI is InChI=1S/C15H20S/c1-5-6-12-14(15(2,3)4)16-13-10-8-7-9-11-13/h5,7-12H,1,6H2,2-4H3/b14-12-. The molecule has 0 atom stereocenters. The molecule has 0 aromatic heterocycles. The first-order valence-corrected chi connectivity index (χ1v) is 6.40. The summed E-state index contributed by atoms with van der Waals surface area (Å²) >= 11 is 1.85. The molecule has 0 aliphatic heterocycles. The normalized spacial score (nSPS) is 12.6. The Labute approximate surface area is 103 Å². The summed E-state index contributed by atoms with van der Waals surface area (Å²) in [7, 11) is 0. The lowest BCUT2D eigenvalue weighted by molar-refractivity contribution is 0.532. The molecule has 0 radical (unpaired) electrons. The highest BCUT2D eigenvalue weighted by molar-refractivity contribution is 8.03. The maximum atomic E-state index is 3.77. The smallest absolute Gasteiger partial charge is 0.0119 e. The molecule has 0 N–H and O–H groups in total. The van der Waals surface area contributed by atoms with Crippen LogP contribution in [0.25, 0.3) is 0 Å². The van der Waals surface area contributed by atoms with Gasteiger partial charge in [-0.25, -0.2) is 0 Å². The van der Waals surface area contributed by atoms with Gasteiger partial charge in [0.2, 0.25) is 0 Å². The van der Waals surface area contributed by atoms with Gasteiger partial charge in [-0.1, -0.05) is 62.9 Å². The maximum absolute atomic E-state index is 3.77. The van der Waals surface area contributed by atoms with E-state index in [4.69, 9.17) is 0 Å². The third-order valence-corrected chi connectivity index (χ3v) is 3.69. The molecule has 86 valence electrons. The lowest BCUT2D eigenvalue weighted by Gasteiger charge is -2.22. The van der Waals surface area contributed by atoms with E-state index in [1.165, 1.54) is 9.80 Å². The van der Waals surface area contributed by atoms with Crippen molar-refractivity contribution in [1.82, 2.24) is 0 Å². The van der Waals surface area contributed by atoms with E-state index in [-0.39, 0.29) is 5.41 Å². The number of hydrogen-bond acceptors (Lipinski definition) is 1. The van der Waals surface area contributed by atoms with E-state index in [9.17, 15) is 0 Å². The number of allylic oxidation sites excluding steroid dienone is 3. The largest absolute Gasteiger partial charge is 0.103 e. The minimum absolute atomic E-state index is 0.198. The predicted molar refractivity (Wildman–Crippen MR) is 74.7 cm³/mol. The van der Waals surface area contributed by atoms with Crippen molar-refractivity contribution in [2.45, 2.75) is 32.1 Å². The number of benzene rings is 1. The van der Waals surface area contributed by atoms with Gasteiger partial charge in [-0.15, -0.1) is 6.58 Å². The molecular weight excluding hydrogens is 212 g/mol. The molecule has 1 heteroatoms. The van der Waals surface area contributed by atoms with Crippen LogP contribution in [0.5, 0.6) is 0 Å². The van der Waals surface area contributed by atoms with E-state index in [0.29, 0.717) is 0 Å². The fraction of sp³-hybridized carbons (Fsp3) is 0.333. The third kappa shape index (κ3) is 4.28. The molecule has 16 heavy (non-hydrogen) atoms. The second-order valence-electron chi connectivity index (χ2n) is 4.76. The van der Waals surface area contributed by atoms with Crippen LogP contribution in [0.4, 0.5) is 0 Å². The van der Waals surface area contributed by atoms with Gasteiger partial charge in [-0.2, -0.15) is 0 Å². The lowest BCUT2D eigenvalue weighted by atomic mass is 9.95. The topological polar surface area (TPSA) is 0 Å². The van der Waals surface area contributed by atoms with Crippen molar-refractivity contribution < 1.29 is 0 Å². The molecule has 0 aliphatic carbocycles. The summed E-state index contributed by atoms with van der Waals surface area (Å²) in [6.07, 6.45) is 5.15. The van der Waals surface area contributed by atoms with E-state index in [1.54, 1.807) is 0 Å². The molecule has 0 saturated heterocycles. The van der Waals surface area contributed by atoms with Crippen molar-refractivity contribution in [2.24, 2.45) is 5.41 Å². The van der Waals surface area contributed by atoms with E-state index >= 15 is 0 Å². The first kappa shape index (κ1) is 13.1. The molecule has 0 saturated carbocycles. The minimum Gasteiger partial charge on any atom is -0.103 e. The van der Waals surface area contributed by atoms with Gasteiger partial charge in [-0.3, -0.25) is 0 Å². The van der Waals surface area contributed by atoms with Gasteiger partial charge in [0.05, 0.1) is 0 Å². The van der Waals surface area contributed by atoms with E-state index in [2.05, 4.69) is 57.7 Å². The van der Waals surface area contributed by atoms with Gasteiger partial charge in [0.1, 0.15) is 0 Å². The summed E-state index contributed by atoms with van der Waals surface area (Å²) in [5, 5.41) is 0. The summed E-state index contributed by atoms with van der Waals surface area (Å²) in [5.41, 5.74) is 0.198. The lowest BCUT2D eigenvalue weighted by Crippen LogP contribution is -2.06. The van der Waals surface area contributed by atoms with Gasteiger partial charge in [0, 0.05) is 4.90 Å². The summed E-state index contributed by atoms with van der Waals surface area (Å²) in [6, 6.07) is 10.5. The first-order chi connectivity index (χ1) is 7.54. The summed E-state index contributed by atoms with van der Waals surface area (Å²) in [5.74, 6) is 0. The average molecular weight is 232 g/mol. The van der Waals surface area contributed by atoms with Crippen LogP contribution < -0.4 is 0 Å². The zero-order valence-corrected chi connectivity index (χ0v) is 11.2. The van der Waals surface area contributed by atoms with E-state index in [1.807, 2.05) is 23.9 Å². The van der Waals surface area contributed by atoms with Crippen LogP contribution in [0, 0.1) is 5.41 Å². The monoisotopic (exact) mass is 232 g/mol. The SMILES string of the molecule is C=CC/C=C(\Sc1ccccc1)C(C)(C)C. The maximum Gasteiger partial charge on any atom is 0.0119 e. The highest BCUT2D eigenvalue weighted by Crippen LogP contribution is 2.39. The van der Waals surface area contributed by atoms with Crippen LogP contribution in [-0.4, -0.2) is 0 Å². The van der Waals surface area contributed by atoms with Gasteiger partial charge >= 0.3 is 0 Å². The molecule has 0 amide bonds. The molecule has 1 rings (SSSR count).